The van der Waals surface area contributed by atoms with Gasteiger partial charge in [0.05, 0.1) is 11.7 Å². The second kappa shape index (κ2) is 7.51. The molecule has 2 aromatic heterocycles. The van der Waals surface area contributed by atoms with Crippen molar-refractivity contribution in [3.63, 3.8) is 0 Å². The fourth-order valence-corrected chi connectivity index (χ4v) is 5.32. The van der Waals surface area contributed by atoms with Crippen LogP contribution in [-0.4, -0.2) is 33.4 Å². The van der Waals surface area contributed by atoms with Crippen molar-refractivity contribution in [1.82, 2.24) is 14.5 Å². The second-order valence-corrected chi connectivity index (χ2v) is 9.21. The van der Waals surface area contributed by atoms with E-state index in [9.17, 15) is 9.59 Å². The summed E-state index contributed by atoms with van der Waals surface area (Å²) >= 11 is 1.52. The van der Waals surface area contributed by atoms with E-state index in [1.807, 2.05) is 42.2 Å². The highest BCUT2D eigenvalue weighted by Gasteiger charge is 2.26. The van der Waals surface area contributed by atoms with Crippen molar-refractivity contribution in [2.75, 3.05) is 13.1 Å². The van der Waals surface area contributed by atoms with E-state index < -0.39 is 0 Å². The number of thiophene rings is 1. The highest BCUT2D eigenvalue weighted by Crippen LogP contribution is 2.35. The average molecular weight is 396 g/mol. The molecule has 1 amide bonds. The first-order valence-electron chi connectivity index (χ1n) is 9.75. The van der Waals surface area contributed by atoms with E-state index in [0.29, 0.717) is 17.2 Å². The summed E-state index contributed by atoms with van der Waals surface area (Å²) in [6.07, 6.45) is 2.66. The van der Waals surface area contributed by atoms with Gasteiger partial charge in [0.2, 0.25) is 5.91 Å². The van der Waals surface area contributed by atoms with Gasteiger partial charge in [-0.1, -0.05) is 44.2 Å². The highest BCUT2D eigenvalue weighted by atomic mass is 32.1. The second-order valence-electron chi connectivity index (χ2n) is 8.00. The molecule has 146 valence electrons. The Morgan fingerprint density at radius 3 is 2.54 bits per heavy atom. The van der Waals surface area contributed by atoms with Crippen LogP contribution >= 0.6 is 11.3 Å². The van der Waals surface area contributed by atoms with Crippen LogP contribution in [0, 0.1) is 18.8 Å². The van der Waals surface area contributed by atoms with Crippen molar-refractivity contribution in [2.24, 2.45) is 11.8 Å². The Bertz CT molecular complexity index is 1060. The van der Waals surface area contributed by atoms with Crippen molar-refractivity contribution in [3.8, 4) is 11.1 Å². The van der Waals surface area contributed by atoms with E-state index in [2.05, 4.69) is 18.8 Å². The van der Waals surface area contributed by atoms with Crippen LogP contribution in [0.5, 0.6) is 0 Å². The summed E-state index contributed by atoms with van der Waals surface area (Å²) in [6.45, 7) is 7.94. The van der Waals surface area contributed by atoms with Crippen molar-refractivity contribution in [2.45, 2.75) is 33.7 Å². The number of benzene rings is 1. The van der Waals surface area contributed by atoms with Crippen molar-refractivity contribution in [1.29, 1.82) is 0 Å². The topological polar surface area (TPSA) is 55.2 Å². The summed E-state index contributed by atoms with van der Waals surface area (Å²) in [4.78, 5) is 34.3. The lowest BCUT2D eigenvalue weighted by Gasteiger charge is -2.35. The number of aryl methyl sites for hydroxylation is 1. The molecule has 3 aromatic rings. The first-order valence-corrected chi connectivity index (χ1v) is 10.6. The van der Waals surface area contributed by atoms with Crippen molar-refractivity contribution in [3.05, 3.63) is 51.9 Å². The van der Waals surface area contributed by atoms with Crippen LogP contribution in [0.4, 0.5) is 0 Å². The summed E-state index contributed by atoms with van der Waals surface area (Å²) in [7, 11) is 0. The Balaban J connectivity index is 1.70. The molecule has 3 heterocycles. The van der Waals surface area contributed by atoms with E-state index in [1.54, 1.807) is 0 Å². The maximum Gasteiger partial charge on any atom is 0.263 e. The zero-order chi connectivity index (χ0) is 19.8. The van der Waals surface area contributed by atoms with Gasteiger partial charge in [0, 0.05) is 23.5 Å². The van der Waals surface area contributed by atoms with E-state index in [4.69, 9.17) is 0 Å². The Kier molecular flexibility index (Phi) is 5.06. The Hall–Kier alpha value is -2.47. The van der Waals surface area contributed by atoms with Crippen LogP contribution in [0.3, 0.4) is 0 Å². The van der Waals surface area contributed by atoms with Crippen LogP contribution in [0.15, 0.2) is 41.5 Å². The number of carbonyl (C=O) groups excluding carboxylic acids is 1. The fourth-order valence-electron chi connectivity index (χ4n) is 4.31. The predicted octanol–water partition coefficient (Wildman–Crippen LogP) is 3.94. The summed E-state index contributed by atoms with van der Waals surface area (Å²) in [5, 5.41) is 0.615. The molecule has 1 aromatic carbocycles. The Morgan fingerprint density at radius 1 is 1.18 bits per heavy atom. The van der Waals surface area contributed by atoms with Crippen LogP contribution in [0.25, 0.3) is 21.3 Å². The van der Waals surface area contributed by atoms with Gasteiger partial charge in [-0.25, -0.2) is 4.98 Å². The fraction of sp³-hybridized carbons (Fsp3) is 0.409. The van der Waals surface area contributed by atoms with Gasteiger partial charge >= 0.3 is 0 Å². The summed E-state index contributed by atoms with van der Waals surface area (Å²) < 4.78 is 1.47. The molecule has 0 saturated carbocycles. The predicted molar refractivity (Wildman–Crippen MR) is 114 cm³/mol. The number of aromatic nitrogens is 2. The maximum atomic E-state index is 13.2. The number of fused-ring (bicyclic) bond motifs is 1. The minimum Gasteiger partial charge on any atom is -0.341 e. The first-order chi connectivity index (χ1) is 13.4. The van der Waals surface area contributed by atoms with Gasteiger partial charge in [-0.05, 0) is 30.7 Å². The van der Waals surface area contributed by atoms with Crippen LogP contribution in [0.2, 0.25) is 0 Å². The number of carbonyl (C=O) groups is 1. The van der Waals surface area contributed by atoms with Gasteiger partial charge in [0.15, 0.2) is 0 Å². The molecule has 2 atom stereocenters. The summed E-state index contributed by atoms with van der Waals surface area (Å²) in [5.41, 5.74) is 1.80. The molecule has 1 aliphatic heterocycles. The monoisotopic (exact) mass is 395 g/mol. The lowest BCUT2D eigenvalue weighted by atomic mass is 9.92. The smallest absolute Gasteiger partial charge is 0.263 e. The molecule has 1 aliphatic rings. The van der Waals surface area contributed by atoms with Crippen LogP contribution < -0.4 is 5.56 Å². The minimum absolute atomic E-state index is 0.00476. The normalized spacial score (nSPS) is 19.9. The molecular formula is C22H25N3O2S. The standard InChI is InChI=1S/C22H25N3O2S/c1-14-9-15(2)11-24(10-14)18(26)12-25-13-23-21-20(22(25)27)19(16(3)28-21)17-7-5-4-6-8-17/h4-8,13-15H,9-12H2,1-3H3/t14-,15+. The molecule has 0 unspecified atom stereocenters. The maximum absolute atomic E-state index is 13.2. The Morgan fingerprint density at radius 2 is 1.86 bits per heavy atom. The van der Waals surface area contributed by atoms with Gasteiger partial charge < -0.3 is 4.90 Å². The molecule has 1 fully saturated rings. The van der Waals surface area contributed by atoms with Crippen LogP contribution in [-0.2, 0) is 11.3 Å². The van der Waals surface area contributed by atoms with E-state index in [0.717, 1.165) is 40.3 Å². The van der Waals surface area contributed by atoms with E-state index in [-0.39, 0.29) is 18.0 Å². The summed E-state index contributed by atoms with van der Waals surface area (Å²) in [5.74, 6) is 0.985. The number of amides is 1. The molecular weight excluding hydrogens is 370 g/mol. The van der Waals surface area contributed by atoms with E-state index >= 15 is 0 Å². The number of piperidine rings is 1. The SMILES string of the molecule is Cc1sc2ncn(CC(=O)N3C[C@H](C)C[C@H](C)C3)c(=O)c2c1-c1ccccc1. The molecule has 4 rings (SSSR count). The quantitative estimate of drug-likeness (QED) is 0.675. The van der Waals surface area contributed by atoms with Gasteiger partial charge in [0.25, 0.3) is 5.56 Å². The molecule has 0 aliphatic carbocycles. The average Bonchev–Trinajstić information content (AvgIpc) is 3.00. The summed E-state index contributed by atoms with van der Waals surface area (Å²) in [6, 6.07) is 9.91. The van der Waals surface area contributed by atoms with E-state index in [1.165, 1.54) is 22.2 Å². The van der Waals surface area contributed by atoms with Gasteiger partial charge in [-0.2, -0.15) is 0 Å². The third-order valence-electron chi connectivity index (χ3n) is 5.44. The van der Waals surface area contributed by atoms with Crippen molar-refractivity contribution >= 4 is 27.5 Å². The first kappa shape index (κ1) is 18.9. The minimum atomic E-state index is -0.139. The molecule has 6 heteroatoms. The molecule has 5 nitrogen and oxygen atoms in total. The third kappa shape index (κ3) is 3.49. The molecule has 0 radical (unpaired) electrons. The van der Waals surface area contributed by atoms with Gasteiger partial charge in [0.1, 0.15) is 11.4 Å². The number of hydrogen-bond acceptors (Lipinski definition) is 4. The number of rotatable bonds is 3. The Labute approximate surface area is 168 Å². The molecule has 0 N–H and O–H groups in total. The molecule has 0 bridgehead atoms. The molecule has 0 spiro atoms. The largest absolute Gasteiger partial charge is 0.341 e. The lowest BCUT2D eigenvalue weighted by molar-refractivity contribution is -0.134. The lowest BCUT2D eigenvalue weighted by Crippen LogP contribution is -2.44. The third-order valence-corrected chi connectivity index (χ3v) is 6.46. The highest BCUT2D eigenvalue weighted by molar-refractivity contribution is 7.19. The number of nitrogens with zero attached hydrogens (tertiary/aromatic N) is 3. The number of likely N-dealkylation sites (tertiary alicyclic amines) is 1. The van der Waals surface area contributed by atoms with Crippen molar-refractivity contribution < 1.29 is 4.79 Å². The molecule has 1 saturated heterocycles. The molecule has 28 heavy (non-hydrogen) atoms. The van der Waals surface area contributed by atoms with Crippen LogP contribution in [0.1, 0.15) is 25.1 Å². The zero-order valence-corrected chi connectivity index (χ0v) is 17.3. The van der Waals surface area contributed by atoms with Gasteiger partial charge in [-0.3, -0.25) is 14.2 Å². The zero-order valence-electron chi connectivity index (χ0n) is 16.5. The van der Waals surface area contributed by atoms with Gasteiger partial charge in [-0.15, -0.1) is 11.3 Å². The number of hydrogen-bond donors (Lipinski definition) is 0.